The van der Waals surface area contributed by atoms with E-state index in [1.54, 1.807) is 0 Å². The highest BCUT2D eigenvalue weighted by Crippen LogP contribution is 2.29. The SMILES string of the molecule is Fc1cccc(CC(F)(F)C2CCCN2)c1. The van der Waals surface area contributed by atoms with Gasteiger partial charge in [0.15, 0.2) is 0 Å². The van der Waals surface area contributed by atoms with Crippen LogP contribution >= 0.6 is 0 Å². The summed E-state index contributed by atoms with van der Waals surface area (Å²) in [6.07, 6.45) is 0.869. The topological polar surface area (TPSA) is 12.0 Å². The van der Waals surface area contributed by atoms with Gasteiger partial charge in [0.2, 0.25) is 0 Å². The molecule has 1 aliphatic heterocycles. The first-order valence-electron chi connectivity index (χ1n) is 5.43. The van der Waals surface area contributed by atoms with E-state index < -0.39 is 24.2 Å². The zero-order valence-corrected chi connectivity index (χ0v) is 8.85. The summed E-state index contributed by atoms with van der Waals surface area (Å²) in [5.74, 6) is -3.27. The average Bonchev–Trinajstić information content (AvgIpc) is 2.69. The zero-order chi connectivity index (χ0) is 11.6. The van der Waals surface area contributed by atoms with Gasteiger partial charge in [-0.05, 0) is 37.1 Å². The number of hydrogen-bond acceptors (Lipinski definition) is 1. The molecule has 1 aromatic carbocycles. The van der Waals surface area contributed by atoms with Crippen LogP contribution in [0.3, 0.4) is 0 Å². The molecule has 1 heterocycles. The lowest BCUT2D eigenvalue weighted by Gasteiger charge is -2.23. The Morgan fingerprint density at radius 3 is 2.81 bits per heavy atom. The highest BCUT2D eigenvalue weighted by atomic mass is 19.3. The van der Waals surface area contributed by atoms with E-state index in [1.807, 2.05) is 0 Å². The summed E-state index contributed by atoms with van der Waals surface area (Å²) < 4.78 is 40.4. The number of rotatable bonds is 3. The zero-order valence-electron chi connectivity index (χ0n) is 8.85. The van der Waals surface area contributed by atoms with Gasteiger partial charge in [-0.15, -0.1) is 0 Å². The maximum absolute atomic E-state index is 13.8. The van der Waals surface area contributed by atoms with Gasteiger partial charge >= 0.3 is 0 Å². The van der Waals surface area contributed by atoms with Crippen molar-refractivity contribution in [3.8, 4) is 0 Å². The van der Waals surface area contributed by atoms with E-state index in [9.17, 15) is 13.2 Å². The molecule has 1 fully saturated rings. The van der Waals surface area contributed by atoms with Crippen LogP contribution in [0.1, 0.15) is 18.4 Å². The van der Waals surface area contributed by atoms with Crippen LogP contribution in [0.4, 0.5) is 13.2 Å². The molecule has 4 heteroatoms. The Labute approximate surface area is 92.7 Å². The third-order valence-electron chi connectivity index (χ3n) is 2.90. The van der Waals surface area contributed by atoms with Gasteiger partial charge in [-0.3, -0.25) is 0 Å². The summed E-state index contributed by atoms with van der Waals surface area (Å²) in [6, 6.07) is 4.66. The quantitative estimate of drug-likeness (QED) is 0.840. The highest BCUT2D eigenvalue weighted by Gasteiger charge is 2.40. The molecule has 0 saturated carbocycles. The lowest BCUT2D eigenvalue weighted by atomic mass is 10.00. The van der Waals surface area contributed by atoms with Crippen LogP contribution < -0.4 is 5.32 Å². The van der Waals surface area contributed by atoms with Crippen LogP contribution in [-0.4, -0.2) is 18.5 Å². The molecule has 0 aromatic heterocycles. The van der Waals surface area contributed by atoms with Gasteiger partial charge in [0, 0.05) is 6.42 Å². The van der Waals surface area contributed by atoms with Crippen molar-refractivity contribution in [2.24, 2.45) is 0 Å². The number of alkyl halides is 2. The van der Waals surface area contributed by atoms with Crippen molar-refractivity contribution < 1.29 is 13.2 Å². The molecule has 0 bridgehead atoms. The first kappa shape index (κ1) is 11.5. The Kier molecular flexibility index (Phi) is 3.19. The third kappa shape index (κ3) is 2.55. The summed E-state index contributed by atoms with van der Waals surface area (Å²) in [4.78, 5) is 0. The fourth-order valence-corrected chi connectivity index (χ4v) is 2.09. The second-order valence-electron chi connectivity index (χ2n) is 4.22. The lowest BCUT2D eigenvalue weighted by Crippen LogP contribution is -2.42. The molecule has 0 aliphatic carbocycles. The molecule has 1 saturated heterocycles. The summed E-state index contributed by atoms with van der Waals surface area (Å²) in [6.45, 7) is 0.642. The Morgan fingerprint density at radius 1 is 1.38 bits per heavy atom. The van der Waals surface area contributed by atoms with Crippen LogP contribution in [0, 0.1) is 5.82 Å². The molecule has 0 radical (unpaired) electrons. The fraction of sp³-hybridized carbons (Fsp3) is 0.500. The Hall–Kier alpha value is -1.03. The van der Waals surface area contributed by atoms with Crippen LogP contribution in [-0.2, 0) is 6.42 Å². The monoisotopic (exact) mass is 229 g/mol. The summed E-state index contributed by atoms with van der Waals surface area (Å²) >= 11 is 0. The van der Waals surface area contributed by atoms with Crippen molar-refractivity contribution in [1.29, 1.82) is 0 Å². The maximum atomic E-state index is 13.8. The van der Waals surface area contributed by atoms with Gasteiger partial charge in [0.1, 0.15) is 5.82 Å². The fourth-order valence-electron chi connectivity index (χ4n) is 2.09. The van der Waals surface area contributed by atoms with E-state index in [2.05, 4.69) is 5.32 Å². The third-order valence-corrected chi connectivity index (χ3v) is 2.90. The molecule has 1 unspecified atom stereocenters. The average molecular weight is 229 g/mol. The maximum Gasteiger partial charge on any atom is 0.267 e. The second-order valence-corrected chi connectivity index (χ2v) is 4.22. The molecule has 1 N–H and O–H groups in total. The Bertz CT molecular complexity index is 359. The summed E-state index contributed by atoms with van der Waals surface area (Å²) in [5, 5.41) is 2.79. The first-order valence-corrected chi connectivity index (χ1v) is 5.43. The molecule has 1 nitrogen and oxygen atoms in total. The molecule has 16 heavy (non-hydrogen) atoms. The van der Waals surface area contributed by atoms with Crippen molar-refractivity contribution in [3.63, 3.8) is 0 Å². The van der Waals surface area contributed by atoms with E-state index in [0.717, 1.165) is 6.42 Å². The molecule has 1 atom stereocenters. The van der Waals surface area contributed by atoms with Crippen molar-refractivity contribution in [2.45, 2.75) is 31.2 Å². The minimum atomic E-state index is -2.80. The second kappa shape index (κ2) is 4.45. The largest absolute Gasteiger partial charge is 0.309 e. The van der Waals surface area contributed by atoms with Crippen LogP contribution in [0.5, 0.6) is 0 Å². The number of hydrogen-bond donors (Lipinski definition) is 1. The predicted molar refractivity (Wildman–Crippen MR) is 56.1 cm³/mol. The van der Waals surface area contributed by atoms with E-state index in [0.29, 0.717) is 18.5 Å². The van der Waals surface area contributed by atoms with Gasteiger partial charge in [0.25, 0.3) is 5.92 Å². The molecule has 1 aromatic rings. The number of halogens is 3. The van der Waals surface area contributed by atoms with Crippen LogP contribution in [0.25, 0.3) is 0 Å². The number of benzene rings is 1. The Balaban J connectivity index is 2.07. The predicted octanol–water partition coefficient (Wildman–Crippen LogP) is 2.76. The Morgan fingerprint density at radius 2 is 2.19 bits per heavy atom. The van der Waals surface area contributed by atoms with Crippen molar-refractivity contribution in [1.82, 2.24) is 5.32 Å². The molecule has 0 spiro atoms. The van der Waals surface area contributed by atoms with E-state index >= 15 is 0 Å². The standard InChI is InChI=1S/C12H14F3N/c13-10-4-1-3-9(7-10)8-12(14,15)11-5-2-6-16-11/h1,3-4,7,11,16H,2,5-6,8H2. The van der Waals surface area contributed by atoms with Crippen LogP contribution in [0.2, 0.25) is 0 Å². The number of nitrogens with one attached hydrogen (secondary N) is 1. The normalized spacial score (nSPS) is 21.3. The first-order chi connectivity index (χ1) is 7.58. The molecule has 1 aliphatic rings. The van der Waals surface area contributed by atoms with Gasteiger partial charge in [-0.1, -0.05) is 12.1 Å². The van der Waals surface area contributed by atoms with Crippen molar-refractivity contribution in [3.05, 3.63) is 35.6 Å². The smallest absolute Gasteiger partial charge is 0.267 e. The molecular weight excluding hydrogens is 215 g/mol. The van der Waals surface area contributed by atoms with E-state index in [-0.39, 0.29) is 0 Å². The molecular formula is C12H14F3N. The van der Waals surface area contributed by atoms with E-state index in [4.69, 9.17) is 0 Å². The summed E-state index contributed by atoms with van der Waals surface area (Å²) in [5.41, 5.74) is 0.346. The minimum absolute atomic E-state index is 0.346. The molecule has 2 rings (SSSR count). The minimum Gasteiger partial charge on any atom is -0.309 e. The van der Waals surface area contributed by atoms with Crippen molar-refractivity contribution >= 4 is 0 Å². The van der Waals surface area contributed by atoms with Crippen LogP contribution in [0.15, 0.2) is 24.3 Å². The van der Waals surface area contributed by atoms with Gasteiger partial charge < -0.3 is 5.32 Å². The highest BCUT2D eigenvalue weighted by molar-refractivity contribution is 5.18. The molecule has 88 valence electrons. The van der Waals surface area contributed by atoms with Gasteiger partial charge in [-0.2, -0.15) is 0 Å². The van der Waals surface area contributed by atoms with E-state index in [1.165, 1.54) is 24.3 Å². The summed E-state index contributed by atoms with van der Waals surface area (Å²) in [7, 11) is 0. The lowest BCUT2D eigenvalue weighted by molar-refractivity contribution is -0.0307. The van der Waals surface area contributed by atoms with Gasteiger partial charge in [-0.25, -0.2) is 13.2 Å². The van der Waals surface area contributed by atoms with Gasteiger partial charge in [0.05, 0.1) is 6.04 Å². The van der Waals surface area contributed by atoms with Crippen molar-refractivity contribution in [2.75, 3.05) is 6.54 Å². The molecule has 0 amide bonds.